The van der Waals surface area contributed by atoms with Crippen LogP contribution in [-0.4, -0.2) is 27.0 Å². The van der Waals surface area contributed by atoms with E-state index in [1.165, 1.54) is 24.3 Å². The predicted octanol–water partition coefficient (Wildman–Crippen LogP) is 4.04. The normalized spacial score (nSPS) is 13.7. The number of halogens is 3. The highest BCUT2D eigenvalue weighted by Gasteiger charge is 2.31. The van der Waals surface area contributed by atoms with Crippen molar-refractivity contribution >= 4 is 15.9 Å². The Morgan fingerprint density at radius 3 is 2.00 bits per heavy atom. The van der Waals surface area contributed by atoms with E-state index in [0.29, 0.717) is 0 Å². The Bertz CT molecular complexity index is 936. The summed E-state index contributed by atoms with van der Waals surface area (Å²) in [5, 5.41) is 1.74. The molecule has 5 nitrogen and oxygen atoms in total. The fraction of sp³-hybridized carbons (Fsp3) is 0.350. The van der Waals surface area contributed by atoms with Gasteiger partial charge in [-0.1, -0.05) is 51.1 Å². The smallest absolute Gasteiger partial charge is 0.343 e. The minimum absolute atomic E-state index is 0.0661. The molecule has 2 aromatic carbocycles. The lowest BCUT2D eigenvalue weighted by atomic mass is 9.83. The molecule has 0 saturated carbocycles. The molecule has 0 bridgehead atoms. The predicted molar refractivity (Wildman–Crippen MR) is 104 cm³/mol. The van der Waals surface area contributed by atoms with Gasteiger partial charge >= 0.3 is 6.18 Å². The lowest BCUT2D eigenvalue weighted by Crippen LogP contribution is -2.36. The summed E-state index contributed by atoms with van der Waals surface area (Å²) in [6.45, 7) is 4.25. The maximum Gasteiger partial charge on any atom is 0.405 e. The second-order valence-electron chi connectivity index (χ2n) is 7.65. The molecule has 1 amide bonds. The standard InChI is InChI=1S/C20H23F3N2O3S/c1-19(2,3)17(14-7-5-4-6-8-14)25-29(27,28)16-11-9-15(10-12-16)18(26)24-13-20(21,22)23/h4-12,17,25H,13H2,1-3H3,(H,24,26)/t17-/m0/s1. The molecule has 2 rings (SSSR count). The monoisotopic (exact) mass is 428 g/mol. The lowest BCUT2D eigenvalue weighted by Gasteiger charge is -2.31. The SMILES string of the molecule is CC(C)(C)[C@@H](NS(=O)(=O)c1ccc(C(=O)NCC(F)(F)F)cc1)c1ccccc1. The summed E-state index contributed by atoms with van der Waals surface area (Å²) < 4.78 is 65.0. The number of hydrogen-bond donors (Lipinski definition) is 2. The number of sulfonamides is 1. The third-order valence-corrected chi connectivity index (χ3v) is 5.59. The van der Waals surface area contributed by atoms with Crippen molar-refractivity contribution in [3.05, 3.63) is 65.7 Å². The average Bonchev–Trinajstić information content (AvgIpc) is 2.63. The molecule has 0 aromatic heterocycles. The van der Waals surface area contributed by atoms with Gasteiger partial charge in [0.15, 0.2) is 0 Å². The molecule has 9 heteroatoms. The lowest BCUT2D eigenvalue weighted by molar-refractivity contribution is -0.123. The van der Waals surface area contributed by atoms with Crippen LogP contribution in [0, 0.1) is 5.41 Å². The van der Waals surface area contributed by atoms with Crippen LogP contribution in [-0.2, 0) is 10.0 Å². The Morgan fingerprint density at radius 1 is 0.966 bits per heavy atom. The zero-order chi connectivity index (χ0) is 21.9. The molecule has 1 atom stereocenters. The Morgan fingerprint density at radius 2 is 1.52 bits per heavy atom. The maximum absolute atomic E-state index is 12.8. The molecule has 29 heavy (non-hydrogen) atoms. The molecular weight excluding hydrogens is 405 g/mol. The van der Waals surface area contributed by atoms with E-state index in [-0.39, 0.29) is 10.5 Å². The fourth-order valence-corrected chi connectivity index (χ4v) is 4.11. The van der Waals surface area contributed by atoms with E-state index in [1.54, 1.807) is 5.32 Å². The van der Waals surface area contributed by atoms with Crippen LogP contribution < -0.4 is 10.0 Å². The number of amides is 1. The summed E-state index contributed by atoms with van der Waals surface area (Å²) in [6.07, 6.45) is -4.53. The van der Waals surface area contributed by atoms with E-state index in [4.69, 9.17) is 0 Å². The molecule has 2 aromatic rings. The minimum Gasteiger partial charge on any atom is -0.343 e. The van der Waals surface area contributed by atoms with E-state index in [2.05, 4.69) is 4.72 Å². The highest BCUT2D eigenvalue weighted by atomic mass is 32.2. The first-order chi connectivity index (χ1) is 13.3. The minimum atomic E-state index is -4.53. The molecule has 0 radical (unpaired) electrons. The summed E-state index contributed by atoms with van der Waals surface area (Å²) in [5.41, 5.74) is 0.307. The van der Waals surface area contributed by atoms with Crippen molar-refractivity contribution in [2.24, 2.45) is 5.41 Å². The first-order valence-electron chi connectivity index (χ1n) is 8.82. The van der Waals surface area contributed by atoms with Crippen LogP contribution in [0.25, 0.3) is 0 Å². The topological polar surface area (TPSA) is 75.3 Å². The van der Waals surface area contributed by atoms with Crippen molar-refractivity contribution in [1.29, 1.82) is 0 Å². The number of nitrogens with one attached hydrogen (secondary N) is 2. The second kappa shape index (κ2) is 8.54. The maximum atomic E-state index is 12.8. The number of benzene rings is 2. The van der Waals surface area contributed by atoms with Gasteiger partial charge in [-0.2, -0.15) is 13.2 Å². The van der Waals surface area contributed by atoms with Crippen molar-refractivity contribution in [1.82, 2.24) is 10.0 Å². The van der Waals surface area contributed by atoms with Gasteiger partial charge in [0.25, 0.3) is 5.91 Å². The number of alkyl halides is 3. The number of hydrogen-bond acceptors (Lipinski definition) is 3. The highest BCUT2D eigenvalue weighted by molar-refractivity contribution is 7.89. The summed E-state index contributed by atoms with van der Waals surface area (Å²) in [7, 11) is -3.93. The molecule has 0 aliphatic rings. The second-order valence-corrected chi connectivity index (χ2v) is 9.37. The fourth-order valence-electron chi connectivity index (χ4n) is 2.68. The van der Waals surface area contributed by atoms with Crippen LogP contribution in [0.5, 0.6) is 0 Å². The number of carbonyl (C=O) groups excluding carboxylic acids is 1. The Kier molecular flexibility index (Phi) is 6.74. The van der Waals surface area contributed by atoms with E-state index < -0.39 is 40.1 Å². The third-order valence-electron chi connectivity index (χ3n) is 4.15. The van der Waals surface area contributed by atoms with Gasteiger partial charge in [-0.3, -0.25) is 4.79 Å². The molecule has 0 heterocycles. The molecule has 0 aliphatic carbocycles. The van der Waals surface area contributed by atoms with E-state index in [9.17, 15) is 26.4 Å². The quantitative estimate of drug-likeness (QED) is 0.729. The van der Waals surface area contributed by atoms with Crippen LogP contribution in [0.15, 0.2) is 59.5 Å². The zero-order valence-corrected chi connectivity index (χ0v) is 17.1. The van der Waals surface area contributed by atoms with Gasteiger partial charge in [0, 0.05) is 5.56 Å². The molecule has 0 unspecified atom stereocenters. The molecular formula is C20H23F3N2O3S. The summed E-state index contributed by atoms with van der Waals surface area (Å²) >= 11 is 0. The first kappa shape index (κ1) is 22.9. The van der Waals surface area contributed by atoms with Crippen molar-refractivity contribution < 1.29 is 26.4 Å². The van der Waals surface area contributed by atoms with E-state index in [0.717, 1.165) is 5.56 Å². The van der Waals surface area contributed by atoms with Gasteiger partial charge in [0.2, 0.25) is 10.0 Å². The van der Waals surface area contributed by atoms with E-state index >= 15 is 0 Å². The van der Waals surface area contributed by atoms with E-state index in [1.807, 2.05) is 51.1 Å². The molecule has 2 N–H and O–H groups in total. The largest absolute Gasteiger partial charge is 0.405 e. The average molecular weight is 428 g/mol. The first-order valence-corrected chi connectivity index (χ1v) is 10.3. The third kappa shape index (κ3) is 6.57. The molecule has 0 fully saturated rings. The highest BCUT2D eigenvalue weighted by Crippen LogP contribution is 2.34. The van der Waals surface area contributed by atoms with Crippen LogP contribution >= 0.6 is 0 Å². The Hall–Kier alpha value is -2.39. The van der Waals surface area contributed by atoms with Crippen LogP contribution in [0.3, 0.4) is 0 Å². The van der Waals surface area contributed by atoms with Crippen LogP contribution in [0.4, 0.5) is 13.2 Å². The van der Waals surface area contributed by atoms with Gasteiger partial charge < -0.3 is 5.32 Å². The van der Waals surface area contributed by atoms with Crippen molar-refractivity contribution in [3.8, 4) is 0 Å². The van der Waals surface area contributed by atoms with Crippen molar-refractivity contribution in [2.45, 2.75) is 37.9 Å². The Balaban J connectivity index is 2.21. The summed E-state index contributed by atoms with van der Waals surface area (Å²) in [6, 6.07) is 13.3. The van der Waals surface area contributed by atoms with Crippen LogP contribution in [0.2, 0.25) is 0 Å². The zero-order valence-electron chi connectivity index (χ0n) is 16.2. The van der Waals surface area contributed by atoms with Crippen LogP contribution in [0.1, 0.15) is 42.7 Å². The van der Waals surface area contributed by atoms with Gasteiger partial charge in [-0.05, 0) is 35.2 Å². The number of rotatable bonds is 6. The van der Waals surface area contributed by atoms with Gasteiger partial charge in [0.05, 0.1) is 10.9 Å². The van der Waals surface area contributed by atoms with Gasteiger partial charge in [-0.15, -0.1) is 0 Å². The molecule has 158 valence electrons. The number of carbonyl (C=O) groups is 1. The van der Waals surface area contributed by atoms with Crippen molar-refractivity contribution in [2.75, 3.05) is 6.54 Å². The Labute approximate surface area is 168 Å². The molecule has 0 aliphatic heterocycles. The summed E-state index contributed by atoms with van der Waals surface area (Å²) in [4.78, 5) is 11.7. The molecule has 0 spiro atoms. The van der Waals surface area contributed by atoms with Gasteiger partial charge in [0.1, 0.15) is 6.54 Å². The molecule has 0 saturated heterocycles. The van der Waals surface area contributed by atoms with Gasteiger partial charge in [-0.25, -0.2) is 13.1 Å². The van der Waals surface area contributed by atoms with Crippen molar-refractivity contribution in [3.63, 3.8) is 0 Å². The summed E-state index contributed by atoms with van der Waals surface area (Å²) in [5.74, 6) is -0.934.